The predicted octanol–water partition coefficient (Wildman–Crippen LogP) is 3.48. The number of carbonyl (C=O) groups excluding carboxylic acids is 1. The van der Waals surface area contributed by atoms with Crippen molar-refractivity contribution in [1.82, 2.24) is 15.3 Å². The molecule has 2 aromatic rings. The number of rotatable bonds is 8. The number of benzene rings is 1. The number of hydrogen-bond donors (Lipinski definition) is 1. The molecule has 5 nitrogen and oxygen atoms in total. The van der Waals surface area contributed by atoms with Crippen LogP contribution in [-0.4, -0.2) is 28.7 Å². The van der Waals surface area contributed by atoms with Crippen LogP contribution in [0.5, 0.6) is 5.75 Å². The largest absolute Gasteiger partial charge is 0.494 e. The lowest BCUT2D eigenvalue weighted by atomic mass is 10.1. The molecular formula is C18H23N3O2S. The van der Waals surface area contributed by atoms with Gasteiger partial charge in [-0.25, -0.2) is 9.97 Å². The van der Waals surface area contributed by atoms with Gasteiger partial charge in [0.25, 0.3) is 5.91 Å². The summed E-state index contributed by atoms with van der Waals surface area (Å²) >= 11 is 1.48. The van der Waals surface area contributed by atoms with Gasteiger partial charge >= 0.3 is 0 Å². The molecule has 2 rings (SSSR count). The van der Waals surface area contributed by atoms with E-state index in [1.807, 2.05) is 37.4 Å². The van der Waals surface area contributed by atoms with Gasteiger partial charge in [-0.05, 0) is 37.3 Å². The summed E-state index contributed by atoms with van der Waals surface area (Å²) in [6.45, 7) is 5.12. The number of thioether (sulfide) groups is 1. The second-order valence-corrected chi connectivity index (χ2v) is 6.00. The molecule has 1 amide bonds. The molecular weight excluding hydrogens is 322 g/mol. The molecule has 0 atom stereocenters. The van der Waals surface area contributed by atoms with Crippen LogP contribution in [0.4, 0.5) is 0 Å². The molecule has 6 heteroatoms. The molecule has 1 N–H and O–H groups in total. The van der Waals surface area contributed by atoms with Gasteiger partial charge in [-0.2, -0.15) is 0 Å². The number of aryl methyl sites for hydroxylation is 1. The smallest absolute Gasteiger partial charge is 0.254 e. The van der Waals surface area contributed by atoms with Gasteiger partial charge in [-0.3, -0.25) is 4.79 Å². The van der Waals surface area contributed by atoms with E-state index in [4.69, 9.17) is 4.74 Å². The highest BCUT2D eigenvalue weighted by Gasteiger charge is 2.14. The number of hydrogen-bond acceptors (Lipinski definition) is 5. The summed E-state index contributed by atoms with van der Waals surface area (Å²) in [6, 6.07) is 7.71. The Morgan fingerprint density at radius 3 is 2.62 bits per heavy atom. The lowest BCUT2D eigenvalue weighted by Crippen LogP contribution is -2.25. The first-order valence-corrected chi connectivity index (χ1v) is 9.30. The highest BCUT2D eigenvalue weighted by Crippen LogP contribution is 2.15. The van der Waals surface area contributed by atoms with E-state index in [1.165, 1.54) is 11.8 Å². The predicted molar refractivity (Wildman–Crippen MR) is 96.6 cm³/mol. The van der Waals surface area contributed by atoms with Gasteiger partial charge in [-0.15, -0.1) is 0 Å². The maximum absolute atomic E-state index is 12.5. The fourth-order valence-corrected chi connectivity index (χ4v) is 2.62. The molecule has 0 radical (unpaired) electrons. The second-order valence-electron chi connectivity index (χ2n) is 5.23. The van der Waals surface area contributed by atoms with Crippen LogP contribution in [0.15, 0.2) is 35.6 Å². The van der Waals surface area contributed by atoms with E-state index in [0.717, 1.165) is 29.8 Å². The van der Waals surface area contributed by atoms with Gasteiger partial charge < -0.3 is 10.1 Å². The Morgan fingerprint density at radius 1 is 1.25 bits per heavy atom. The van der Waals surface area contributed by atoms with E-state index in [2.05, 4.69) is 22.2 Å². The number of nitrogens with zero attached hydrogens (tertiary/aromatic N) is 2. The first-order valence-electron chi connectivity index (χ1n) is 8.07. The van der Waals surface area contributed by atoms with Gasteiger partial charge in [0.1, 0.15) is 5.75 Å². The van der Waals surface area contributed by atoms with Gasteiger partial charge in [0.2, 0.25) is 0 Å². The summed E-state index contributed by atoms with van der Waals surface area (Å²) in [5.41, 5.74) is 2.38. The molecule has 0 aliphatic rings. The van der Waals surface area contributed by atoms with Crippen LogP contribution in [0, 0.1) is 0 Å². The van der Waals surface area contributed by atoms with Crippen molar-refractivity contribution in [2.45, 2.75) is 38.4 Å². The standard InChI is InChI=1S/C18H23N3O2S/c1-4-6-16-15(12-20-18(21-16)24-3)17(22)19-11-13-7-9-14(10-8-13)23-5-2/h7-10,12H,4-6,11H2,1-3H3,(H,19,22). The molecule has 1 heterocycles. The molecule has 0 saturated carbocycles. The van der Waals surface area contributed by atoms with E-state index in [9.17, 15) is 4.79 Å². The van der Waals surface area contributed by atoms with E-state index in [0.29, 0.717) is 23.9 Å². The minimum Gasteiger partial charge on any atom is -0.494 e. The van der Waals surface area contributed by atoms with Gasteiger partial charge in [-0.1, -0.05) is 37.2 Å². The van der Waals surface area contributed by atoms with E-state index in [1.54, 1.807) is 6.20 Å². The first kappa shape index (κ1) is 18.3. The lowest BCUT2D eigenvalue weighted by molar-refractivity contribution is 0.0949. The average molecular weight is 345 g/mol. The summed E-state index contributed by atoms with van der Waals surface area (Å²) in [4.78, 5) is 21.1. The summed E-state index contributed by atoms with van der Waals surface area (Å²) in [5, 5.41) is 3.63. The van der Waals surface area contributed by atoms with Crippen molar-refractivity contribution in [3.63, 3.8) is 0 Å². The molecule has 0 aliphatic heterocycles. The Hall–Kier alpha value is -2.08. The lowest BCUT2D eigenvalue weighted by Gasteiger charge is -2.10. The summed E-state index contributed by atoms with van der Waals surface area (Å²) in [6.07, 6.45) is 5.25. The molecule has 0 fully saturated rings. The van der Waals surface area contributed by atoms with Crippen LogP contribution in [0.25, 0.3) is 0 Å². The molecule has 0 bridgehead atoms. The molecule has 128 valence electrons. The van der Waals surface area contributed by atoms with Crippen molar-refractivity contribution in [2.24, 2.45) is 0 Å². The summed E-state index contributed by atoms with van der Waals surface area (Å²) in [7, 11) is 0. The number of amides is 1. The third kappa shape index (κ3) is 4.96. The number of nitrogens with one attached hydrogen (secondary N) is 1. The Labute approximate surface area is 147 Å². The monoisotopic (exact) mass is 345 g/mol. The molecule has 0 spiro atoms. The van der Waals surface area contributed by atoms with Gasteiger partial charge in [0.15, 0.2) is 5.16 Å². The SMILES string of the molecule is CCCc1nc(SC)ncc1C(=O)NCc1ccc(OCC)cc1. The average Bonchev–Trinajstić information content (AvgIpc) is 2.61. The van der Waals surface area contributed by atoms with Crippen LogP contribution < -0.4 is 10.1 Å². The molecule has 24 heavy (non-hydrogen) atoms. The first-order chi connectivity index (χ1) is 11.7. The fourth-order valence-electron chi connectivity index (χ4n) is 2.26. The summed E-state index contributed by atoms with van der Waals surface area (Å²) in [5.74, 6) is 0.693. The topological polar surface area (TPSA) is 64.1 Å². The Kier molecular flexibility index (Phi) is 7.06. The second kappa shape index (κ2) is 9.27. The minimum absolute atomic E-state index is 0.139. The molecule has 0 saturated heterocycles. The highest BCUT2D eigenvalue weighted by atomic mass is 32.2. The van der Waals surface area contributed by atoms with Crippen LogP contribution >= 0.6 is 11.8 Å². The quantitative estimate of drug-likeness (QED) is 0.586. The van der Waals surface area contributed by atoms with Crippen molar-refractivity contribution in [3.8, 4) is 5.75 Å². The molecule has 0 aliphatic carbocycles. The normalized spacial score (nSPS) is 10.5. The Morgan fingerprint density at radius 2 is 2.00 bits per heavy atom. The van der Waals surface area contributed by atoms with Crippen LogP contribution in [-0.2, 0) is 13.0 Å². The third-order valence-corrected chi connectivity index (χ3v) is 4.01. The van der Waals surface area contributed by atoms with Crippen molar-refractivity contribution in [1.29, 1.82) is 0 Å². The van der Waals surface area contributed by atoms with Crippen molar-refractivity contribution in [3.05, 3.63) is 47.3 Å². The van der Waals surface area contributed by atoms with E-state index >= 15 is 0 Å². The maximum atomic E-state index is 12.5. The Balaban J connectivity index is 2.03. The zero-order valence-corrected chi connectivity index (χ0v) is 15.2. The highest BCUT2D eigenvalue weighted by molar-refractivity contribution is 7.98. The van der Waals surface area contributed by atoms with Gasteiger partial charge in [0, 0.05) is 12.7 Å². The zero-order valence-electron chi connectivity index (χ0n) is 14.3. The van der Waals surface area contributed by atoms with Crippen LogP contribution in [0.3, 0.4) is 0 Å². The fraction of sp³-hybridized carbons (Fsp3) is 0.389. The number of ether oxygens (including phenoxy) is 1. The van der Waals surface area contributed by atoms with Crippen molar-refractivity contribution < 1.29 is 9.53 Å². The zero-order chi connectivity index (χ0) is 17.4. The van der Waals surface area contributed by atoms with E-state index < -0.39 is 0 Å². The number of aromatic nitrogens is 2. The van der Waals surface area contributed by atoms with Crippen molar-refractivity contribution in [2.75, 3.05) is 12.9 Å². The molecule has 0 unspecified atom stereocenters. The van der Waals surface area contributed by atoms with Crippen LogP contribution in [0.1, 0.15) is 41.9 Å². The Bertz CT molecular complexity index is 674. The van der Waals surface area contributed by atoms with Crippen molar-refractivity contribution >= 4 is 17.7 Å². The number of carbonyl (C=O) groups is 1. The minimum atomic E-state index is -0.139. The van der Waals surface area contributed by atoms with E-state index in [-0.39, 0.29) is 5.91 Å². The third-order valence-electron chi connectivity index (χ3n) is 3.45. The summed E-state index contributed by atoms with van der Waals surface area (Å²) < 4.78 is 5.41. The van der Waals surface area contributed by atoms with Crippen LogP contribution in [0.2, 0.25) is 0 Å². The maximum Gasteiger partial charge on any atom is 0.254 e. The van der Waals surface area contributed by atoms with Gasteiger partial charge in [0.05, 0.1) is 17.9 Å². The molecule has 1 aromatic heterocycles. The molecule has 1 aromatic carbocycles.